The van der Waals surface area contributed by atoms with E-state index in [0.29, 0.717) is 22.3 Å². The summed E-state index contributed by atoms with van der Waals surface area (Å²) in [6, 6.07) is 15.7. The molecule has 1 aliphatic rings. The molecule has 0 spiro atoms. The van der Waals surface area contributed by atoms with Crippen molar-refractivity contribution in [3.63, 3.8) is 0 Å². The van der Waals surface area contributed by atoms with Gasteiger partial charge in [0.2, 0.25) is 5.13 Å². The van der Waals surface area contributed by atoms with E-state index in [-0.39, 0.29) is 6.01 Å². The molecular formula is C29H20N10O2S2. The number of hydrazine groups is 1. The number of aromatic nitrogens is 8. The van der Waals surface area contributed by atoms with Crippen LogP contribution in [0.2, 0.25) is 0 Å². The van der Waals surface area contributed by atoms with Crippen LogP contribution in [0.25, 0.3) is 11.3 Å². The minimum absolute atomic E-state index is 0.271. The maximum absolute atomic E-state index is 6.06. The summed E-state index contributed by atoms with van der Waals surface area (Å²) in [4.78, 5) is 27.7. The Hall–Kier alpha value is -5.47. The minimum Gasteiger partial charge on any atom is -0.431 e. The van der Waals surface area contributed by atoms with E-state index in [1.54, 1.807) is 43.1 Å². The standard InChI is InChI=1S/C29H20N10O2S2/c1-2-9-30-20(5-1)24-23(19-8-17-43-37-19)25(21-7-15-41-36-21)38(27-34-13-16-40-27)39(28-35-14-18-42-28)29(24,22-6-3-10-31-22)26-32-11-4-12-33-26/h1-18,24,31H. The summed E-state index contributed by atoms with van der Waals surface area (Å²) in [7, 11) is 0. The van der Waals surface area contributed by atoms with Gasteiger partial charge in [0.15, 0.2) is 11.4 Å². The van der Waals surface area contributed by atoms with Gasteiger partial charge in [-0.05, 0) is 47.9 Å². The first-order valence-electron chi connectivity index (χ1n) is 13.1. The molecule has 0 fully saturated rings. The smallest absolute Gasteiger partial charge is 0.321 e. The summed E-state index contributed by atoms with van der Waals surface area (Å²) in [5.74, 6) is -0.0783. The third-order valence-corrected chi connectivity index (χ3v) is 8.51. The van der Waals surface area contributed by atoms with Crippen molar-refractivity contribution in [3.8, 4) is 0 Å². The first-order chi connectivity index (χ1) is 21.4. The second-order valence-electron chi connectivity index (χ2n) is 9.39. The average Bonchev–Trinajstić information content (AvgIpc) is 3.90. The zero-order valence-corrected chi connectivity index (χ0v) is 23.8. The van der Waals surface area contributed by atoms with E-state index in [4.69, 9.17) is 33.2 Å². The van der Waals surface area contributed by atoms with E-state index in [9.17, 15) is 0 Å². The number of H-pyrrole nitrogens is 1. The van der Waals surface area contributed by atoms with E-state index >= 15 is 0 Å². The first kappa shape index (κ1) is 25.3. The molecule has 0 saturated heterocycles. The van der Waals surface area contributed by atoms with Crippen molar-refractivity contribution in [2.45, 2.75) is 11.5 Å². The fourth-order valence-corrected chi connectivity index (χ4v) is 6.90. The molecule has 0 saturated carbocycles. The van der Waals surface area contributed by atoms with Gasteiger partial charge >= 0.3 is 6.01 Å². The summed E-state index contributed by atoms with van der Waals surface area (Å²) in [6.45, 7) is 0. The zero-order chi connectivity index (χ0) is 28.6. The van der Waals surface area contributed by atoms with Crippen molar-refractivity contribution >= 4 is 45.3 Å². The molecule has 14 heteroatoms. The number of aromatic amines is 1. The Morgan fingerprint density at radius 1 is 0.814 bits per heavy atom. The summed E-state index contributed by atoms with van der Waals surface area (Å²) >= 11 is 2.81. The van der Waals surface area contributed by atoms with Crippen LogP contribution in [-0.4, -0.2) is 39.4 Å². The number of rotatable bonds is 7. The van der Waals surface area contributed by atoms with Gasteiger partial charge in [0.05, 0.1) is 29.2 Å². The highest BCUT2D eigenvalue weighted by Gasteiger charge is 2.61. The lowest BCUT2D eigenvalue weighted by Crippen LogP contribution is -2.63. The molecule has 43 heavy (non-hydrogen) atoms. The molecular weight excluding hydrogens is 585 g/mol. The number of hydrogen-bond acceptors (Lipinski definition) is 13. The van der Waals surface area contributed by atoms with Crippen LogP contribution in [0.3, 0.4) is 0 Å². The molecule has 7 aromatic heterocycles. The van der Waals surface area contributed by atoms with Gasteiger partial charge in [0, 0.05) is 53.4 Å². The van der Waals surface area contributed by atoms with Crippen molar-refractivity contribution in [2.24, 2.45) is 0 Å². The van der Waals surface area contributed by atoms with Gasteiger partial charge in [-0.3, -0.25) is 4.98 Å². The van der Waals surface area contributed by atoms with Crippen LogP contribution in [0.1, 0.15) is 34.5 Å². The van der Waals surface area contributed by atoms with E-state index in [1.165, 1.54) is 35.4 Å². The molecule has 0 aliphatic carbocycles. The lowest BCUT2D eigenvalue weighted by Gasteiger charge is -2.54. The van der Waals surface area contributed by atoms with Crippen LogP contribution >= 0.6 is 22.9 Å². The third kappa shape index (κ3) is 3.91. The van der Waals surface area contributed by atoms with E-state index in [2.05, 4.69) is 15.1 Å². The second kappa shape index (κ2) is 10.4. The van der Waals surface area contributed by atoms with Gasteiger partial charge < -0.3 is 13.9 Å². The van der Waals surface area contributed by atoms with Crippen LogP contribution in [0.4, 0.5) is 11.1 Å². The SMILES string of the molecule is c1ccc(C2C(c3ccsn3)=C(c3ccon3)N(c3ncco3)N(c3nccs3)C2(c2ncccn2)c2ccc[nH]2)nc1. The molecule has 7 aromatic rings. The second-order valence-corrected chi connectivity index (χ2v) is 10.9. The average molecular weight is 605 g/mol. The molecule has 1 aliphatic heterocycles. The lowest BCUT2D eigenvalue weighted by atomic mass is 9.70. The Morgan fingerprint density at radius 3 is 2.42 bits per heavy atom. The van der Waals surface area contributed by atoms with E-state index in [0.717, 1.165) is 22.7 Å². The van der Waals surface area contributed by atoms with Gasteiger partial charge in [-0.2, -0.15) is 9.38 Å². The van der Waals surface area contributed by atoms with Crippen LogP contribution < -0.4 is 10.0 Å². The van der Waals surface area contributed by atoms with Crippen molar-refractivity contribution in [1.82, 2.24) is 39.4 Å². The highest BCUT2D eigenvalue weighted by atomic mass is 32.1. The summed E-state index contributed by atoms with van der Waals surface area (Å²) in [5.41, 5.74) is 3.00. The number of pyridine rings is 1. The van der Waals surface area contributed by atoms with E-state index < -0.39 is 11.5 Å². The molecule has 8 rings (SSSR count). The summed E-state index contributed by atoms with van der Waals surface area (Å²) < 4.78 is 16.3. The Balaban J connectivity index is 1.63. The Labute approximate surface area is 252 Å². The van der Waals surface area contributed by atoms with Crippen LogP contribution in [-0.2, 0) is 5.54 Å². The predicted molar refractivity (Wildman–Crippen MR) is 160 cm³/mol. The van der Waals surface area contributed by atoms with Gasteiger partial charge in [0.1, 0.15) is 23.9 Å². The largest absolute Gasteiger partial charge is 0.431 e. The first-order valence-corrected chi connectivity index (χ1v) is 14.9. The van der Waals surface area contributed by atoms with E-state index in [1.807, 2.05) is 63.4 Å². The molecule has 210 valence electrons. The Bertz CT molecular complexity index is 1930. The topological polar surface area (TPSA) is 139 Å². The van der Waals surface area contributed by atoms with Gasteiger partial charge in [-0.15, -0.1) is 11.3 Å². The summed E-state index contributed by atoms with van der Waals surface area (Å²) in [6.07, 6.45) is 13.5. The normalized spacial score (nSPS) is 18.8. The molecule has 0 aromatic carbocycles. The molecule has 2 unspecified atom stereocenters. The molecule has 0 bridgehead atoms. The number of thiazole rings is 1. The molecule has 0 amide bonds. The maximum atomic E-state index is 6.06. The number of anilines is 2. The number of hydrogen-bond donors (Lipinski definition) is 1. The van der Waals surface area contributed by atoms with Crippen LogP contribution in [0, 0.1) is 0 Å². The number of oxazole rings is 1. The third-order valence-electron chi connectivity index (χ3n) is 7.20. The highest BCUT2D eigenvalue weighted by Crippen LogP contribution is 2.59. The lowest BCUT2D eigenvalue weighted by molar-refractivity contribution is 0.376. The quantitative estimate of drug-likeness (QED) is 0.242. The van der Waals surface area contributed by atoms with Gasteiger partial charge in [-0.1, -0.05) is 11.2 Å². The summed E-state index contributed by atoms with van der Waals surface area (Å²) in [5, 5.41) is 12.8. The Morgan fingerprint density at radius 2 is 1.74 bits per heavy atom. The fraction of sp³-hybridized carbons (Fsp3) is 0.0690. The van der Waals surface area contributed by atoms with Crippen LogP contribution in [0.5, 0.6) is 0 Å². The van der Waals surface area contributed by atoms with Crippen molar-refractivity contribution in [2.75, 3.05) is 10.0 Å². The van der Waals surface area contributed by atoms with Crippen molar-refractivity contribution < 1.29 is 8.94 Å². The monoisotopic (exact) mass is 604 g/mol. The molecule has 1 N–H and O–H groups in total. The number of nitrogens with one attached hydrogen (secondary N) is 1. The van der Waals surface area contributed by atoms with Gasteiger partial charge in [-0.25, -0.2) is 24.9 Å². The van der Waals surface area contributed by atoms with Crippen LogP contribution in [0.15, 0.2) is 118 Å². The highest BCUT2D eigenvalue weighted by molar-refractivity contribution is 7.13. The number of nitrogens with zero attached hydrogens (tertiary/aromatic N) is 9. The molecule has 12 nitrogen and oxygen atoms in total. The molecule has 8 heterocycles. The predicted octanol–water partition coefficient (Wildman–Crippen LogP) is 5.63. The minimum atomic E-state index is -1.22. The zero-order valence-electron chi connectivity index (χ0n) is 22.1. The Kier molecular flexibility index (Phi) is 6.12. The van der Waals surface area contributed by atoms with Crippen molar-refractivity contribution in [3.05, 3.63) is 138 Å². The fourth-order valence-electron chi connectivity index (χ4n) is 5.69. The molecule has 2 atom stereocenters. The maximum Gasteiger partial charge on any atom is 0.321 e. The van der Waals surface area contributed by atoms with Crippen molar-refractivity contribution in [1.29, 1.82) is 0 Å². The molecule has 0 radical (unpaired) electrons. The van der Waals surface area contributed by atoms with Gasteiger partial charge in [0.25, 0.3) is 0 Å².